The van der Waals surface area contributed by atoms with Crippen molar-refractivity contribution in [3.8, 4) is 0 Å². The minimum atomic E-state index is -0.322. The molecule has 1 aliphatic rings. The fraction of sp³-hybridized carbons (Fsp3) is 0.375. The van der Waals surface area contributed by atoms with E-state index < -0.39 is 0 Å². The summed E-state index contributed by atoms with van der Waals surface area (Å²) in [5.74, 6) is -0.322. The molecule has 21 heavy (non-hydrogen) atoms. The molecule has 0 bridgehead atoms. The number of methoxy groups -OCH3 is 1. The number of carbonyl (C=O) groups is 1. The maximum absolute atomic E-state index is 11.9. The summed E-state index contributed by atoms with van der Waals surface area (Å²) in [7, 11) is 1.40. The molecule has 0 saturated heterocycles. The van der Waals surface area contributed by atoms with E-state index in [1.165, 1.54) is 20.0 Å². The van der Waals surface area contributed by atoms with Crippen LogP contribution in [0, 0.1) is 6.92 Å². The van der Waals surface area contributed by atoms with E-state index in [0.717, 1.165) is 16.9 Å². The van der Waals surface area contributed by atoms with E-state index in [2.05, 4.69) is 14.9 Å². The first kappa shape index (κ1) is 13.7. The Labute approximate surface area is 124 Å². The quantitative estimate of drug-likeness (QED) is 0.858. The van der Waals surface area contributed by atoms with Crippen molar-refractivity contribution in [2.45, 2.75) is 32.4 Å². The van der Waals surface area contributed by atoms with Gasteiger partial charge in [-0.1, -0.05) is 11.6 Å². The number of imidazole rings is 1. The van der Waals surface area contributed by atoms with E-state index in [4.69, 9.17) is 4.74 Å². The molecular formula is C16H19N3O2. The summed E-state index contributed by atoms with van der Waals surface area (Å²) in [6.45, 7) is 2.60. The molecule has 3 rings (SSSR count). The Kier molecular flexibility index (Phi) is 3.64. The number of aryl methyl sites for hydroxylation is 1. The zero-order chi connectivity index (χ0) is 14.8. The van der Waals surface area contributed by atoms with Crippen LogP contribution in [-0.4, -0.2) is 22.6 Å². The minimum Gasteiger partial charge on any atom is -0.465 e. The van der Waals surface area contributed by atoms with Crippen molar-refractivity contribution in [3.63, 3.8) is 0 Å². The third-order valence-electron chi connectivity index (χ3n) is 3.73. The fourth-order valence-corrected chi connectivity index (χ4v) is 2.43. The van der Waals surface area contributed by atoms with E-state index in [1.54, 1.807) is 0 Å². The van der Waals surface area contributed by atoms with Crippen LogP contribution in [0.1, 0.15) is 40.5 Å². The van der Waals surface area contributed by atoms with Crippen LogP contribution in [0.2, 0.25) is 0 Å². The second kappa shape index (κ2) is 5.60. The van der Waals surface area contributed by atoms with Crippen LogP contribution in [0.5, 0.6) is 0 Å². The molecule has 1 aliphatic carbocycles. The molecule has 1 saturated carbocycles. The predicted octanol–water partition coefficient (Wildman–Crippen LogP) is 2.93. The number of ether oxygens (including phenoxy) is 1. The number of benzene rings is 1. The van der Waals surface area contributed by atoms with Gasteiger partial charge in [-0.15, -0.1) is 0 Å². The normalized spacial score (nSPS) is 14.0. The summed E-state index contributed by atoms with van der Waals surface area (Å²) < 4.78 is 7.05. The van der Waals surface area contributed by atoms with Gasteiger partial charge in [0, 0.05) is 17.9 Å². The molecule has 1 aromatic heterocycles. The van der Waals surface area contributed by atoms with E-state index in [-0.39, 0.29) is 5.97 Å². The molecule has 5 nitrogen and oxygen atoms in total. The van der Waals surface area contributed by atoms with E-state index in [1.807, 2.05) is 37.6 Å². The van der Waals surface area contributed by atoms with E-state index in [9.17, 15) is 4.79 Å². The smallest absolute Gasteiger partial charge is 0.339 e. The van der Waals surface area contributed by atoms with Crippen LogP contribution in [0.25, 0.3) is 0 Å². The van der Waals surface area contributed by atoms with Crippen molar-refractivity contribution in [1.82, 2.24) is 9.55 Å². The number of carbonyl (C=O) groups excluding carboxylic acids is 1. The first-order valence-corrected chi connectivity index (χ1v) is 7.12. The van der Waals surface area contributed by atoms with Gasteiger partial charge in [-0.3, -0.25) is 0 Å². The maximum atomic E-state index is 11.9. The van der Waals surface area contributed by atoms with Gasteiger partial charge in [-0.2, -0.15) is 0 Å². The molecule has 0 spiro atoms. The van der Waals surface area contributed by atoms with Crippen molar-refractivity contribution in [2.75, 3.05) is 12.4 Å². The van der Waals surface area contributed by atoms with Gasteiger partial charge >= 0.3 is 5.97 Å². The Morgan fingerprint density at radius 3 is 3.00 bits per heavy atom. The topological polar surface area (TPSA) is 56.1 Å². The SMILES string of the molecule is COC(=O)c1cc(C)ccc1NCc1cncn1C1CC1. The Bertz CT molecular complexity index is 659. The highest BCUT2D eigenvalue weighted by molar-refractivity contribution is 5.95. The Balaban J connectivity index is 1.78. The predicted molar refractivity (Wildman–Crippen MR) is 80.3 cm³/mol. The number of aromatic nitrogens is 2. The summed E-state index contributed by atoms with van der Waals surface area (Å²) in [5.41, 5.74) is 3.52. The highest BCUT2D eigenvalue weighted by atomic mass is 16.5. The van der Waals surface area contributed by atoms with Gasteiger partial charge in [0.1, 0.15) is 0 Å². The standard InChI is InChI=1S/C16H19N3O2/c1-11-3-6-15(14(7-11)16(20)21-2)18-9-13-8-17-10-19(13)12-4-5-12/h3,6-8,10,12,18H,4-5,9H2,1-2H3. The number of hydrogen-bond donors (Lipinski definition) is 1. The second-order valence-corrected chi connectivity index (χ2v) is 5.42. The largest absolute Gasteiger partial charge is 0.465 e. The third kappa shape index (κ3) is 2.91. The molecule has 5 heteroatoms. The molecule has 1 heterocycles. The fourth-order valence-electron chi connectivity index (χ4n) is 2.43. The molecule has 110 valence electrons. The molecule has 0 unspecified atom stereocenters. The summed E-state index contributed by atoms with van der Waals surface area (Å²) in [6, 6.07) is 6.33. The zero-order valence-corrected chi connectivity index (χ0v) is 12.3. The van der Waals surface area contributed by atoms with Gasteiger partial charge in [-0.25, -0.2) is 9.78 Å². The number of esters is 1. The van der Waals surface area contributed by atoms with Crippen molar-refractivity contribution in [2.24, 2.45) is 0 Å². The van der Waals surface area contributed by atoms with E-state index in [0.29, 0.717) is 18.2 Å². The molecule has 0 atom stereocenters. The summed E-state index contributed by atoms with van der Waals surface area (Å²) in [6.07, 6.45) is 6.20. The highest BCUT2D eigenvalue weighted by Gasteiger charge is 2.25. The van der Waals surface area contributed by atoms with Gasteiger partial charge in [0.2, 0.25) is 0 Å². The Morgan fingerprint density at radius 1 is 1.48 bits per heavy atom. The first-order valence-electron chi connectivity index (χ1n) is 7.12. The Morgan fingerprint density at radius 2 is 2.29 bits per heavy atom. The van der Waals surface area contributed by atoms with Crippen LogP contribution >= 0.6 is 0 Å². The van der Waals surface area contributed by atoms with Gasteiger partial charge < -0.3 is 14.6 Å². The van der Waals surface area contributed by atoms with Crippen LogP contribution in [0.3, 0.4) is 0 Å². The van der Waals surface area contributed by atoms with Crippen LogP contribution in [-0.2, 0) is 11.3 Å². The number of nitrogens with zero attached hydrogens (tertiary/aromatic N) is 2. The summed E-state index contributed by atoms with van der Waals surface area (Å²) >= 11 is 0. The molecule has 1 aromatic carbocycles. The number of hydrogen-bond acceptors (Lipinski definition) is 4. The maximum Gasteiger partial charge on any atom is 0.339 e. The average Bonchev–Trinajstić information content (AvgIpc) is 3.24. The highest BCUT2D eigenvalue weighted by Crippen LogP contribution is 2.35. The lowest BCUT2D eigenvalue weighted by Gasteiger charge is -2.13. The molecule has 0 aliphatic heterocycles. The van der Waals surface area contributed by atoms with Gasteiger partial charge in [-0.05, 0) is 31.9 Å². The van der Waals surface area contributed by atoms with Crippen LogP contribution in [0.15, 0.2) is 30.7 Å². The Hall–Kier alpha value is -2.30. The van der Waals surface area contributed by atoms with Gasteiger partial charge in [0.25, 0.3) is 0 Å². The van der Waals surface area contributed by atoms with Crippen molar-refractivity contribution in [1.29, 1.82) is 0 Å². The molecule has 2 aromatic rings. The van der Waals surface area contributed by atoms with Crippen molar-refractivity contribution < 1.29 is 9.53 Å². The number of anilines is 1. The van der Waals surface area contributed by atoms with Gasteiger partial charge in [0.05, 0.1) is 31.2 Å². The number of nitrogens with one attached hydrogen (secondary N) is 1. The average molecular weight is 285 g/mol. The van der Waals surface area contributed by atoms with Crippen molar-refractivity contribution in [3.05, 3.63) is 47.5 Å². The first-order chi connectivity index (χ1) is 10.2. The van der Waals surface area contributed by atoms with Crippen LogP contribution < -0.4 is 5.32 Å². The molecule has 1 N–H and O–H groups in total. The molecular weight excluding hydrogens is 266 g/mol. The second-order valence-electron chi connectivity index (χ2n) is 5.42. The lowest BCUT2D eigenvalue weighted by atomic mass is 10.1. The number of rotatable bonds is 5. The molecule has 0 radical (unpaired) electrons. The third-order valence-corrected chi connectivity index (χ3v) is 3.73. The molecule has 0 amide bonds. The van der Waals surface area contributed by atoms with Crippen molar-refractivity contribution >= 4 is 11.7 Å². The summed E-state index contributed by atoms with van der Waals surface area (Å²) in [5, 5.41) is 3.32. The monoisotopic (exact) mass is 285 g/mol. The minimum absolute atomic E-state index is 0.322. The van der Waals surface area contributed by atoms with Crippen LogP contribution in [0.4, 0.5) is 5.69 Å². The lowest BCUT2D eigenvalue weighted by molar-refractivity contribution is 0.0601. The summed E-state index contributed by atoms with van der Waals surface area (Å²) in [4.78, 5) is 16.1. The lowest BCUT2D eigenvalue weighted by Crippen LogP contribution is -2.10. The van der Waals surface area contributed by atoms with E-state index >= 15 is 0 Å². The molecule has 1 fully saturated rings. The zero-order valence-electron chi connectivity index (χ0n) is 12.3. The van der Waals surface area contributed by atoms with Gasteiger partial charge in [0.15, 0.2) is 0 Å².